The first kappa shape index (κ1) is 16.0. The van der Waals surface area contributed by atoms with Crippen LogP contribution in [0.3, 0.4) is 0 Å². The van der Waals surface area contributed by atoms with Gasteiger partial charge in [-0.15, -0.1) is 0 Å². The standard InChI is InChI=1S/C15H24N2O4/c1-4-10-5-12(14(20)16-9(2)3)17(7-10)15-13(19)6-11(18)8-21-15/h5,7,9,11,13,15,18-19H,4,6,8H2,1-3H3,(H,16,20). The van der Waals surface area contributed by atoms with E-state index in [1.807, 2.05) is 33.0 Å². The zero-order chi connectivity index (χ0) is 15.6. The Labute approximate surface area is 124 Å². The molecule has 2 rings (SSSR count). The number of hydrogen-bond acceptors (Lipinski definition) is 4. The van der Waals surface area contributed by atoms with Crippen molar-refractivity contribution >= 4 is 5.91 Å². The van der Waals surface area contributed by atoms with Crippen molar-refractivity contribution in [3.63, 3.8) is 0 Å². The summed E-state index contributed by atoms with van der Waals surface area (Å²) >= 11 is 0. The Morgan fingerprint density at radius 2 is 2.24 bits per heavy atom. The zero-order valence-corrected chi connectivity index (χ0v) is 12.7. The number of amides is 1. The largest absolute Gasteiger partial charge is 0.391 e. The topological polar surface area (TPSA) is 83.7 Å². The molecule has 21 heavy (non-hydrogen) atoms. The third-order valence-electron chi connectivity index (χ3n) is 3.54. The number of aromatic nitrogens is 1. The Hall–Kier alpha value is -1.37. The summed E-state index contributed by atoms with van der Waals surface area (Å²) in [4.78, 5) is 12.3. The monoisotopic (exact) mass is 296 g/mol. The van der Waals surface area contributed by atoms with Crippen LogP contribution in [0, 0.1) is 0 Å². The minimum atomic E-state index is -0.837. The van der Waals surface area contributed by atoms with Gasteiger partial charge in [0.15, 0.2) is 6.23 Å². The fourth-order valence-corrected chi connectivity index (χ4v) is 2.51. The molecule has 2 heterocycles. The van der Waals surface area contributed by atoms with Gasteiger partial charge in [-0.3, -0.25) is 4.79 Å². The molecule has 1 aliphatic heterocycles. The van der Waals surface area contributed by atoms with Crippen molar-refractivity contribution in [2.45, 2.75) is 58.1 Å². The normalized spacial score (nSPS) is 26.1. The van der Waals surface area contributed by atoms with E-state index in [0.29, 0.717) is 5.69 Å². The highest BCUT2D eigenvalue weighted by atomic mass is 16.5. The minimum absolute atomic E-state index is 0.0324. The summed E-state index contributed by atoms with van der Waals surface area (Å²) in [6.07, 6.45) is 0.736. The first-order chi connectivity index (χ1) is 9.92. The van der Waals surface area contributed by atoms with E-state index < -0.39 is 18.4 Å². The first-order valence-corrected chi connectivity index (χ1v) is 7.41. The maximum absolute atomic E-state index is 12.3. The van der Waals surface area contributed by atoms with Gasteiger partial charge < -0.3 is 24.8 Å². The fourth-order valence-electron chi connectivity index (χ4n) is 2.51. The summed E-state index contributed by atoms with van der Waals surface area (Å²) in [5, 5.41) is 22.5. The third-order valence-corrected chi connectivity index (χ3v) is 3.54. The number of carbonyl (C=O) groups excluding carboxylic acids is 1. The van der Waals surface area contributed by atoms with Crippen LogP contribution in [0.15, 0.2) is 12.3 Å². The number of aliphatic hydroxyl groups is 2. The molecule has 0 radical (unpaired) electrons. The van der Waals surface area contributed by atoms with E-state index in [4.69, 9.17) is 4.74 Å². The molecule has 1 amide bonds. The molecule has 6 heteroatoms. The molecular weight excluding hydrogens is 272 g/mol. The number of aryl methyl sites for hydroxylation is 1. The number of nitrogens with one attached hydrogen (secondary N) is 1. The number of aliphatic hydroxyl groups excluding tert-OH is 2. The van der Waals surface area contributed by atoms with Crippen LogP contribution in [-0.2, 0) is 11.2 Å². The molecule has 1 saturated heterocycles. The second-order valence-corrected chi connectivity index (χ2v) is 5.80. The Balaban J connectivity index is 2.29. The number of rotatable bonds is 4. The van der Waals surface area contributed by atoms with Crippen molar-refractivity contribution in [3.05, 3.63) is 23.5 Å². The van der Waals surface area contributed by atoms with E-state index >= 15 is 0 Å². The fraction of sp³-hybridized carbons (Fsp3) is 0.667. The molecule has 3 atom stereocenters. The molecule has 0 spiro atoms. The van der Waals surface area contributed by atoms with Crippen LogP contribution >= 0.6 is 0 Å². The highest BCUT2D eigenvalue weighted by Gasteiger charge is 2.32. The molecule has 3 unspecified atom stereocenters. The second-order valence-electron chi connectivity index (χ2n) is 5.80. The van der Waals surface area contributed by atoms with Gasteiger partial charge in [0.05, 0.1) is 12.7 Å². The molecule has 0 saturated carbocycles. The quantitative estimate of drug-likeness (QED) is 0.768. The van der Waals surface area contributed by atoms with E-state index in [-0.39, 0.29) is 25.0 Å². The highest BCUT2D eigenvalue weighted by molar-refractivity contribution is 5.93. The minimum Gasteiger partial charge on any atom is -0.391 e. The number of ether oxygens (including phenoxy) is 1. The summed E-state index contributed by atoms with van der Waals surface area (Å²) in [6, 6.07) is 1.85. The Bertz CT molecular complexity index is 498. The van der Waals surface area contributed by atoms with Crippen molar-refractivity contribution in [2.24, 2.45) is 0 Å². The maximum atomic E-state index is 12.3. The van der Waals surface area contributed by atoms with E-state index in [1.54, 1.807) is 4.57 Å². The van der Waals surface area contributed by atoms with Gasteiger partial charge in [-0.1, -0.05) is 6.92 Å². The van der Waals surface area contributed by atoms with Crippen molar-refractivity contribution in [1.82, 2.24) is 9.88 Å². The van der Waals surface area contributed by atoms with Crippen LogP contribution in [0.25, 0.3) is 0 Å². The first-order valence-electron chi connectivity index (χ1n) is 7.41. The molecular formula is C15H24N2O4. The summed E-state index contributed by atoms with van der Waals surface area (Å²) in [5.41, 5.74) is 1.48. The molecule has 1 fully saturated rings. The molecule has 0 bridgehead atoms. The van der Waals surface area contributed by atoms with Gasteiger partial charge in [-0.05, 0) is 31.9 Å². The lowest BCUT2D eigenvalue weighted by molar-refractivity contribution is -0.155. The Morgan fingerprint density at radius 3 is 2.81 bits per heavy atom. The molecule has 1 aromatic heterocycles. The summed E-state index contributed by atoms with van der Waals surface area (Å²) in [6.45, 7) is 5.96. The van der Waals surface area contributed by atoms with Gasteiger partial charge in [-0.2, -0.15) is 0 Å². The Kier molecular flexibility index (Phi) is 5.03. The smallest absolute Gasteiger partial charge is 0.268 e. The number of carbonyl (C=O) groups is 1. The van der Waals surface area contributed by atoms with Crippen molar-refractivity contribution in [3.8, 4) is 0 Å². The summed E-state index contributed by atoms with van der Waals surface area (Å²) in [5.74, 6) is -0.188. The second kappa shape index (κ2) is 6.60. The molecule has 3 N–H and O–H groups in total. The average Bonchev–Trinajstić information content (AvgIpc) is 2.82. The summed E-state index contributed by atoms with van der Waals surface area (Å²) < 4.78 is 7.20. The number of nitrogens with zero attached hydrogens (tertiary/aromatic N) is 1. The molecule has 118 valence electrons. The summed E-state index contributed by atoms with van der Waals surface area (Å²) in [7, 11) is 0. The molecule has 0 aromatic carbocycles. The molecule has 1 aliphatic rings. The van der Waals surface area contributed by atoms with Crippen molar-refractivity contribution in [2.75, 3.05) is 6.61 Å². The molecule has 1 aromatic rings. The van der Waals surface area contributed by atoms with Crippen LogP contribution in [-0.4, -0.2) is 45.5 Å². The SMILES string of the molecule is CCc1cc(C(=O)NC(C)C)n(C2OCC(O)CC2O)c1. The van der Waals surface area contributed by atoms with Gasteiger partial charge in [0.25, 0.3) is 5.91 Å². The van der Waals surface area contributed by atoms with Crippen molar-refractivity contribution < 1.29 is 19.7 Å². The lowest BCUT2D eigenvalue weighted by Gasteiger charge is -2.32. The lowest BCUT2D eigenvalue weighted by Crippen LogP contribution is -2.40. The van der Waals surface area contributed by atoms with Crippen LogP contribution in [0.1, 0.15) is 49.5 Å². The third kappa shape index (κ3) is 3.64. The average molecular weight is 296 g/mol. The van der Waals surface area contributed by atoms with Crippen LogP contribution in [0.4, 0.5) is 0 Å². The lowest BCUT2D eigenvalue weighted by atomic mass is 10.1. The molecule has 6 nitrogen and oxygen atoms in total. The van der Waals surface area contributed by atoms with Gasteiger partial charge in [0.1, 0.15) is 11.8 Å². The van der Waals surface area contributed by atoms with E-state index in [0.717, 1.165) is 12.0 Å². The predicted molar refractivity (Wildman–Crippen MR) is 78.0 cm³/mol. The van der Waals surface area contributed by atoms with Gasteiger partial charge in [-0.25, -0.2) is 0 Å². The Morgan fingerprint density at radius 1 is 1.52 bits per heavy atom. The van der Waals surface area contributed by atoms with Crippen molar-refractivity contribution in [1.29, 1.82) is 0 Å². The van der Waals surface area contributed by atoms with Crippen LogP contribution in [0.5, 0.6) is 0 Å². The van der Waals surface area contributed by atoms with E-state index in [9.17, 15) is 15.0 Å². The van der Waals surface area contributed by atoms with Crippen LogP contribution in [0.2, 0.25) is 0 Å². The van der Waals surface area contributed by atoms with E-state index in [1.165, 1.54) is 0 Å². The van der Waals surface area contributed by atoms with Gasteiger partial charge in [0, 0.05) is 18.7 Å². The van der Waals surface area contributed by atoms with Gasteiger partial charge >= 0.3 is 0 Å². The molecule has 0 aliphatic carbocycles. The van der Waals surface area contributed by atoms with E-state index in [2.05, 4.69) is 5.32 Å². The number of hydrogen-bond donors (Lipinski definition) is 3. The maximum Gasteiger partial charge on any atom is 0.268 e. The van der Waals surface area contributed by atoms with Crippen LogP contribution < -0.4 is 5.32 Å². The van der Waals surface area contributed by atoms with Gasteiger partial charge in [0.2, 0.25) is 0 Å². The highest BCUT2D eigenvalue weighted by Crippen LogP contribution is 2.26. The predicted octanol–water partition coefficient (Wildman–Crippen LogP) is 0.829. The zero-order valence-electron chi connectivity index (χ0n) is 12.7.